The van der Waals surface area contributed by atoms with E-state index in [-0.39, 0.29) is 5.88 Å². The van der Waals surface area contributed by atoms with Gasteiger partial charge in [0.25, 0.3) is 5.88 Å². The van der Waals surface area contributed by atoms with Crippen molar-refractivity contribution >= 4 is 22.9 Å². The molecule has 0 heterocycles. The highest BCUT2D eigenvalue weighted by atomic mass is 32.3. The van der Waals surface area contributed by atoms with Crippen molar-refractivity contribution in [3.8, 4) is 0 Å². The van der Waals surface area contributed by atoms with Crippen LogP contribution in [0.5, 0.6) is 0 Å². The summed E-state index contributed by atoms with van der Waals surface area (Å²) < 4.78 is 10.9. The van der Waals surface area contributed by atoms with Crippen LogP contribution in [0.4, 0.5) is 0 Å². The molecule has 0 fully saturated rings. The summed E-state index contributed by atoms with van der Waals surface area (Å²) in [6, 6.07) is 0. The summed E-state index contributed by atoms with van der Waals surface area (Å²) in [6.07, 6.45) is 1.44. The highest BCUT2D eigenvalue weighted by molar-refractivity contribution is 8.18. The average molecular weight is 181 g/mol. The topological polar surface area (TPSA) is 66.2 Å². The van der Waals surface area contributed by atoms with Crippen molar-refractivity contribution in [1.82, 2.24) is 0 Å². The lowest BCUT2D eigenvalue weighted by molar-refractivity contribution is -0.456. The molecule has 0 aliphatic carbocycles. The number of rotatable bonds is 4. The zero-order valence-electron chi connectivity index (χ0n) is 5.40. The third-order valence-electron chi connectivity index (χ3n) is 0.652. The van der Waals surface area contributed by atoms with Gasteiger partial charge in [0.15, 0.2) is 4.24 Å². The third kappa shape index (κ3) is 4.66. The van der Waals surface area contributed by atoms with Crippen molar-refractivity contribution < 1.29 is 9.48 Å². The molecule has 0 aromatic rings. The summed E-state index contributed by atoms with van der Waals surface area (Å²) in [5.74, 6) is -0.265. The maximum atomic E-state index is 10.5. The van der Waals surface area contributed by atoms with Gasteiger partial charge in [-0.2, -0.15) is 0 Å². The van der Waals surface area contributed by atoms with Crippen LogP contribution in [-0.2, 0) is 11.2 Å². The second kappa shape index (κ2) is 4.59. The third-order valence-corrected chi connectivity index (χ3v) is 3.01. The fraction of sp³-hybridized carbons (Fsp3) is 0.500. The Bertz CT molecular complexity index is 147. The molecule has 0 rings (SSSR count). The SMILES string of the molecule is C=C(SC[N+](=O)[O-])[S+](C)[O-]. The molecule has 1 unspecified atom stereocenters. The number of hydrogen-bond acceptors (Lipinski definition) is 4. The lowest BCUT2D eigenvalue weighted by Crippen LogP contribution is -2.01. The van der Waals surface area contributed by atoms with Crippen molar-refractivity contribution in [2.24, 2.45) is 0 Å². The van der Waals surface area contributed by atoms with Crippen LogP contribution >= 0.6 is 11.8 Å². The Labute approximate surface area is 66.0 Å². The Morgan fingerprint density at radius 2 is 2.40 bits per heavy atom. The van der Waals surface area contributed by atoms with E-state index in [1.165, 1.54) is 6.26 Å². The van der Waals surface area contributed by atoms with E-state index in [9.17, 15) is 14.7 Å². The highest BCUT2D eigenvalue weighted by Gasteiger charge is 2.09. The van der Waals surface area contributed by atoms with Crippen LogP contribution in [0.1, 0.15) is 0 Å². The predicted molar refractivity (Wildman–Crippen MR) is 42.7 cm³/mol. The average Bonchev–Trinajstić information content (AvgIpc) is 1.82. The van der Waals surface area contributed by atoms with E-state index in [1.807, 2.05) is 0 Å². The maximum absolute atomic E-state index is 10.5. The van der Waals surface area contributed by atoms with Crippen LogP contribution in [0.15, 0.2) is 10.8 Å². The van der Waals surface area contributed by atoms with Gasteiger partial charge in [-0.05, 0) is 17.8 Å². The predicted octanol–water partition coefficient (Wildman–Crippen LogP) is 0.803. The van der Waals surface area contributed by atoms with Gasteiger partial charge in [0.2, 0.25) is 0 Å². The zero-order valence-corrected chi connectivity index (χ0v) is 7.04. The molecule has 0 bridgehead atoms. The molecule has 4 nitrogen and oxygen atoms in total. The van der Waals surface area contributed by atoms with E-state index in [0.717, 1.165) is 11.8 Å². The summed E-state index contributed by atoms with van der Waals surface area (Å²) in [7, 11) is 0. The molecule has 0 saturated carbocycles. The summed E-state index contributed by atoms with van der Waals surface area (Å²) in [5.41, 5.74) is 0. The van der Waals surface area contributed by atoms with E-state index in [0.29, 0.717) is 4.24 Å². The molecule has 0 N–H and O–H groups in total. The van der Waals surface area contributed by atoms with Crippen molar-refractivity contribution in [1.29, 1.82) is 0 Å². The van der Waals surface area contributed by atoms with Crippen LogP contribution in [0.3, 0.4) is 0 Å². The Kier molecular flexibility index (Phi) is 4.50. The minimum absolute atomic E-state index is 0.265. The van der Waals surface area contributed by atoms with E-state index in [4.69, 9.17) is 0 Å². The summed E-state index contributed by atoms with van der Waals surface area (Å²) in [6.45, 7) is 3.38. The Morgan fingerprint density at radius 1 is 1.90 bits per heavy atom. The first-order valence-corrected chi connectivity index (χ1v) is 4.85. The van der Waals surface area contributed by atoms with Crippen molar-refractivity contribution in [2.75, 3.05) is 12.1 Å². The highest BCUT2D eigenvalue weighted by Crippen LogP contribution is 2.17. The fourth-order valence-corrected chi connectivity index (χ4v) is 1.28. The van der Waals surface area contributed by atoms with Gasteiger partial charge in [-0.3, -0.25) is 10.1 Å². The molecule has 0 spiro atoms. The monoisotopic (exact) mass is 181 g/mol. The van der Waals surface area contributed by atoms with Gasteiger partial charge >= 0.3 is 0 Å². The lowest BCUT2D eigenvalue weighted by atomic mass is 11.2. The molecule has 1 atom stereocenters. The van der Waals surface area contributed by atoms with Gasteiger partial charge in [0.05, 0.1) is 0 Å². The summed E-state index contributed by atoms with van der Waals surface area (Å²) >= 11 is -0.264. The molecular formula is C4H7NO3S2. The Morgan fingerprint density at radius 3 is 2.70 bits per heavy atom. The molecule has 10 heavy (non-hydrogen) atoms. The van der Waals surface area contributed by atoms with E-state index in [2.05, 4.69) is 6.58 Å². The molecule has 0 aliphatic heterocycles. The van der Waals surface area contributed by atoms with Gasteiger partial charge in [-0.15, -0.1) is 0 Å². The van der Waals surface area contributed by atoms with Crippen molar-refractivity contribution in [3.63, 3.8) is 0 Å². The Balaban J connectivity index is 3.50. The number of nitro groups is 1. The first-order chi connectivity index (χ1) is 4.54. The second-order valence-electron chi connectivity index (χ2n) is 1.43. The molecule has 0 aliphatic rings. The first kappa shape index (κ1) is 9.80. The van der Waals surface area contributed by atoms with Crippen LogP contribution in [0.2, 0.25) is 0 Å². The van der Waals surface area contributed by atoms with Gasteiger partial charge in [0.1, 0.15) is 6.26 Å². The number of hydrogen-bond donors (Lipinski definition) is 0. The van der Waals surface area contributed by atoms with Crippen molar-refractivity contribution in [2.45, 2.75) is 0 Å². The van der Waals surface area contributed by atoms with E-state index in [1.54, 1.807) is 0 Å². The van der Waals surface area contributed by atoms with Gasteiger partial charge in [-0.1, -0.05) is 0 Å². The van der Waals surface area contributed by atoms with E-state index < -0.39 is 16.1 Å². The van der Waals surface area contributed by atoms with Gasteiger partial charge in [-0.25, -0.2) is 0 Å². The minimum Gasteiger partial charge on any atom is -0.611 e. The normalized spacial score (nSPS) is 12.6. The van der Waals surface area contributed by atoms with E-state index >= 15 is 0 Å². The quantitative estimate of drug-likeness (QED) is 0.278. The molecule has 0 amide bonds. The number of thioether (sulfide) groups is 1. The van der Waals surface area contributed by atoms with Gasteiger partial charge < -0.3 is 4.55 Å². The largest absolute Gasteiger partial charge is 0.611 e. The molecule has 6 heteroatoms. The van der Waals surface area contributed by atoms with Crippen LogP contribution in [0.25, 0.3) is 0 Å². The standard InChI is InChI=1S/C4H7NO3S2/c1-4(10(2)8)9-3-5(6)7/h1,3H2,2H3. The lowest BCUT2D eigenvalue weighted by Gasteiger charge is -2.02. The molecule has 58 valence electrons. The summed E-state index contributed by atoms with van der Waals surface area (Å²) in [5, 5.41) is 9.77. The molecular weight excluding hydrogens is 174 g/mol. The number of nitrogens with zero attached hydrogens (tertiary/aromatic N) is 1. The molecule has 0 aromatic carbocycles. The Hall–Kier alpha value is -0.200. The van der Waals surface area contributed by atoms with Crippen LogP contribution in [-0.4, -0.2) is 21.6 Å². The van der Waals surface area contributed by atoms with Gasteiger partial charge in [0, 0.05) is 16.7 Å². The maximum Gasteiger partial charge on any atom is 0.257 e. The summed E-state index contributed by atoms with van der Waals surface area (Å²) in [4.78, 5) is 9.29. The fourth-order valence-electron chi connectivity index (χ4n) is 0.208. The van der Waals surface area contributed by atoms with Crippen LogP contribution in [0, 0.1) is 10.1 Å². The van der Waals surface area contributed by atoms with Crippen LogP contribution < -0.4 is 0 Å². The molecule has 0 radical (unpaired) electrons. The first-order valence-electron chi connectivity index (χ1n) is 2.31. The smallest absolute Gasteiger partial charge is 0.257 e. The molecule has 0 saturated heterocycles. The molecule has 0 aromatic heterocycles. The minimum atomic E-state index is -1.16. The zero-order chi connectivity index (χ0) is 8.15. The van der Waals surface area contributed by atoms with Crippen molar-refractivity contribution in [3.05, 3.63) is 20.9 Å². The second-order valence-corrected chi connectivity index (χ2v) is 4.13.